The van der Waals surface area contributed by atoms with Crippen LogP contribution in [0.5, 0.6) is 0 Å². The fraction of sp³-hybridized carbons (Fsp3) is 0.750. The van der Waals surface area contributed by atoms with E-state index in [-0.39, 0.29) is 10.9 Å². The number of hydrogen-bond donors (Lipinski definition) is 2. The number of fused-ring (bicyclic) bond motifs is 2. The highest BCUT2D eigenvalue weighted by molar-refractivity contribution is 7.89. The summed E-state index contributed by atoms with van der Waals surface area (Å²) in [5, 5.41) is 6.22. The highest BCUT2D eigenvalue weighted by atomic mass is 32.2. The Labute approximate surface area is 107 Å². The van der Waals surface area contributed by atoms with Crippen LogP contribution in [-0.2, 0) is 10.0 Å². The van der Waals surface area contributed by atoms with E-state index in [1.54, 1.807) is 0 Å². The monoisotopic (exact) mass is 269 g/mol. The lowest BCUT2D eigenvalue weighted by atomic mass is 9.84. The van der Waals surface area contributed by atoms with Gasteiger partial charge in [-0.15, -0.1) is 0 Å². The van der Waals surface area contributed by atoms with Gasteiger partial charge in [0.2, 0.25) is 10.0 Å². The number of sulfonamides is 1. The predicted octanol–water partition coefficient (Wildman–Crippen LogP) is 1.51. The quantitative estimate of drug-likeness (QED) is 0.870. The lowest BCUT2D eigenvalue weighted by Gasteiger charge is -2.28. The van der Waals surface area contributed by atoms with Crippen molar-refractivity contribution in [3.05, 3.63) is 12.4 Å². The maximum Gasteiger partial charge on any atom is 0.243 e. The van der Waals surface area contributed by atoms with Crippen LogP contribution in [0.1, 0.15) is 32.6 Å². The zero-order chi connectivity index (χ0) is 12.8. The molecule has 100 valence electrons. The molecule has 0 amide bonds. The van der Waals surface area contributed by atoms with E-state index in [0.717, 1.165) is 11.8 Å². The van der Waals surface area contributed by atoms with E-state index in [4.69, 9.17) is 0 Å². The fourth-order valence-corrected chi connectivity index (χ4v) is 4.89. The summed E-state index contributed by atoms with van der Waals surface area (Å²) in [7, 11) is -3.41. The lowest BCUT2D eigenvalue weighted by molar-refractivity contribution is 0.280. The Morgan fingerprint density at radius 3 is 2.83 bits per heavy atom. The van der Waals surface area contributed by atoms with Crippen molar-refractivity contribution < 1.29 is 8.42 Å². The minimum absolute atomic E-state index is 0.0141. The largest absolute Gasteiger partial charge is 0.284 e. The summed E-state index contributed by atoms with van der Waals surface area (Å²) in [4.78, 5) is 0.220. The van der Waals surface area contributed by atoms with E-state index in [2.05, 4.69) is 14.9 Å². The number of aromatic amines is 1. The summed E-state index contributed by atoms with van der Waals surface area (Å²) in [6, 6.07) is 0.0141. The topological polar surface area (TPSA) is 74.8 Å². The molecule has 2 N–H and O–H groups in total. The maximum atomic E-state index is 12.1. The standard InChI is InChI=1S/C12H19N3O2S/c1-8(12-5-9-2-3-10(12)4-9)15-18(16,17)11-6-13-14-7-11/h6-10,12,15H,2-5H2,1H3,(H,13,14). The number of aromatic nitrogens is 2. The van der Waals surface area contributed by atoms with Crippen LogP contribution in [0.4, 0.5) is 0 Å². The van der Waals surface area contributed by atoms with Gasteiger partial charge in [-0.05, 0) is 43.9 Å². The van der Waals surface area contributed by atoms with Crippen molar-refractivity contribution in [1.82, 2.24) is 14.9 Å². The van der Waals surface area contributed by atoms with Crippen LogP contribution >= 0.6 is 0 Å². The first-order valence-electron chi connectivity index (χ1n) is 6.57. The normalized spacial score (nSPS) is 32.8. The third-order valence-electron chi connectivity index (χ3n) is 4.56. The Balaban J connectivity index is 1.70. The van der Waals surface area contributed by atoms with Gasteiger partial charge in [-0.25, -0.2) is 13.1 Å². The second-order valence-electron chi connectivity index (χ2n) is 5.68. The molecule has 6 heteroatoms. The molecule has 18 heavy (non-hydrogen) atoms. The molecule has 2 saturated carbocycles. The molecular formula is C12H19N3O2S. The highest BCUT2D eigenvalue weighted by Gasteiger charge is 2.42. The average molecular weight is 269 g/mol. The van der Waals surface area contributed by atoms with Gasteiger partial charge < -0.3 is 0 Å². The highest BCUT2D eigenvalue weighted by Crippen LogP contribution is 2.49. The van der Waals surface area contributed by atoms with Crippen molar-refractivity contribution in [2.24, 2.45) is 17.8 Å². The molecule has 4 atom stereocenters. The van der Waals surface area contributed by atoms with Crippen LogP contribution in [0, 0.1) is 17.8 Å². The summed E-state index contributed by atoms with van der Waals surface area (Å²) < 4.78 is 27.0. The SMILES string of the molecule is CC(NS(=O)(=O)c1cn[nH]c1)C1CC2CCC1C2. The van der Waals surface area contributed by atoms with Crippen molar-refractivity contribution >= 4 is 10.0 Å². The van der Waals surface area contributed by atoms with Crippen molar-refractivity contribution in [2.75, 3.05) is 0 Å². The van der Waals surface area contributed by atoms with Crippen LogP contribution in [0.15, 0.2) is 17.3 Å². The summed E-state index contributed by atoms with van der Waals surface area (Å²) in [5.74, 6) is 2.06. The fourth-order valence-electron chi connectivity index (χ4n) is 3.69. The Bertz CT molecular complexity index is 511. The van der Waals surface area contributed by atoms with Gasteiger partial charge in [0, 0.05) is 12.2 Å². The van der Waals surface area contributed by atoms with E-state index in [0.29, 0.717) is 5.92 Å². The molecule has 5 nitrogen and oxygen atoms in total. The van der Waals surface area contributed by atoms with Crippen molar-refractivity contribution in [3.8, 4) is 0 Å². The van der Waals surface area contributed by atoms with Crippen LogP contribution in [0.25, 0.3) is 0 Å². The van der Waals surface area contributed by atoms with Gasteiger partial charge in [-0.3, -0.25) is 5.10 Å². The molecule has 3 rings (SSSR count). The summed E-state index contributed by atoms with van der Waals surface area (Å²) in [6.45, 7) is 1.99. The predicted molar refractivity (Wildman–Crippen MR) is 67.3 cm³/mol. The molecule has 1 aromatic heterocycles. The number of hydrogen-bond acceptors (Lipinski definition) is 3. The van der Waals surface area contributed by atoms with Crippen LogP contribution in [0.2, 0.25) is 0 Å². The summed E-state index contributed by atoms with van der Waals surface area (Å²) >= 11 is 0. The molecule has 0 aliphatic heterocycles. The van der Waals surface area contributed by atoms with E-state index in [9.17, 15) is 8.42 Å². The first-order chi connectivity index (χ1) is 8.56. The van der Waals surface area contributed by atoms with Crippen LogP contribution in [0.3, 0.4) is 0 Å². The molecular weight excluding hydrogens is 250 g/mol. The number of H-pyrrole nitrogens is 1. The molecule has 2 fully saturated rings. The van der Waals surface area contributed by atoms with Crippen molar-refractivity contribution in [2.45, 2.75) is 43.5 Å². The van der Waals surface area contributed by atoms with E-state index in [1.165, 1.54) is 38.1 Å². The zero-order valence-corrected chi connectivity index (χ0v) is 11.3. The zero-order valence-electron chi connectivity index (χ0n) is 10.5. The van der Waals surface area contributed by atoms with Crippen molar-refractivity contribution in [1.29, 1.82) is 0 Å². The molecule has 0 aromatic carbocycles. The third-order valence-corrected chi connectivity index (χ3v) is 6.09. The molecule has 1 heterocycles. The first kappa shape index (κ1) is 12.2. The summed E-state index contributed by atoms with van der Waals surface area (Å²) in [6.07, 6.45) is 7.84. The molecule has 2 aliphatic carbocycles. The molecule has 0 radical (unpaired) electrons. The molecule has 2 aliphatic rings. The second-order valence-corrected chi connectivity index (χ2v) is 7.40. The Morgan fingerprint density at radius 1 is 1.44 bits per heavy atom. The number of nitrogens with zero attached hydrogens (tertiary/aromatic N) is 1. The molecule has 4 unspecified atom stereocenters. The Hall–Kier alpha value is -0.880. The van der Waals surface area contributed by atoms with Gasteiger partial charge >= 0.3 is 0 Å². The van der Waals surface area contributed by atoms with Gasteiger partial charge in [0.05, 0.1) is 6.20 Å². The van der Waals surface area contributed by atoms with Gasteiger partial charge in [-0.1, -0.05) is 6.42 Å². The second kappa shape index (κ2) is 4.35. The lowest BCUT2D eigenvalue weighted by Crippen LogP contribution is -2.39. The van der Waals surface area contributed by atoms with Gasteiger partial charge in [0.1, 0.15) is 4.90 Å². The molecule has 1 aromatic rings. The average Bonchev–Trinajstić information content (AvgIpc) is 3.05. The van der Waals surface area contributed by atoms with Crippen LogP contribution < -0.4 is 4.72 Å². The smallest absolute Gasteiger partial charge is 0.243 e. The number of rotatable bonds is 4. The van der Waals surface area contributed by atoms with Crippen LogP contribution in [-0.4, -0.2) is 24.7 Å². The number of nitrogens with one attached hydrogen (secondary N) is 2. The minimum atomic E-state index is -3.41. The van der Waals surface area contributed by atoms with E-state index in [1.807, 2.05) is 6.92 Å². The molecule has 2 bridgehead atoms. The maximum absolute atomic E-state index is 12.1. The van der Waals surface area contributed by atoms with Gasteiger partial charge in [0.25, 0.3) is 0 Å². The minimum Gasteiger partial charge on any atom is -0.284 e. The van der Waals surface area contributed by atoms with Gasteiger partial charge in [0.15, 0.2) is 0 Å². The molecule has 0 saturated heterocycles. The van der Waals surface area contributed by atoms with E-state index >= 15 is 0 Å². The first-order valence-corrected chi connectivity index (χ1v) is 8.05. The molecule has 0 spiro atoms. The summed E-state index contributed by atoms with van der Waals surface area (Å²) in [5.41, 5.74) is 0. The Kier molecular flexibility index (Phi) is 2.94. The third kappa shape index (κ3) is 2.07. The van der Waals surface area contributed by atoms with Gasteiger partial charge in [-0.2, -0.15) is 5.10 Å². The van der Waals surface area contributed by atoms with Crippen molar-refractivity contribution in [3.63, 3.8) is 0 Å². The van der Waals surface area contributed by atoms with E-state index < -0.39 is 10.0 Å². The Morgan fingerprint density at radius 2 is 2.28 bits per heavy atom.